The van der Waals surface area contributed by atoms with Gasteiger partial charge in [0, 0.05) is 26.2 Å². The van der Waals surface area contributed by atoms with Crippen molar-refractivity contribution in [1.29, 1.82) is 0 Å². The van der Waals surface area contributed by atoms with Gasteiger partial charge in [0.05, 0.1) is 16.7 Å². The Morgan fingerprint density at radius 3 is 2.67 bits per heavy atom. The van der Waals surface area contributed by atoms with E-state index in [9.17, 15) is 18.3 Å². The lowest BCUT2D eigenvalue weighted by atomic mass is 10.2. The Kier molecular flexibility index (Phi) is 6.28. The van der Waals surface area contributed by atoms with E-state index in [2.05, 4.69) is 4.98 Å². The monoisotopic (exact) mass is 449 g/mol. The van der Waals surface area contributed by atoms with Gasteiger partial charge in [0.25, 0.3) is 15.6 Å². The van der Waals surface area contributed by atoms with Crippen molar-refractivity contribution in [2.75, 3.05) is 19.7 Å². The number of benzene rings is 1. The van der Waals surface area contributed by atoms with Crippen LogP contribution in [-0.2, 0) is 22.3 Å². The minimum atomic E-state index is -3.60. The average molecular weight is 450 g/mol. The highest BCUT2D eigenvalue weighted by atomic mass is 32.2. The third-order valence-electron chi connectivity index (χ3n) is 5.01. The van der Waals surface area contributed by atoms with Crippen molar-refractivity contribution in [2.45, 2.75) is 41.8 Å². The Hall–Kier alpha value is -2.14. The molecule has 1 aromatic carbocycles. The Morgan fingerprint density at radius 1 is 1.13 bits per heavy atom. The van der Waals surface area contributed by atoms with Gasteiger partial charge in [-0.3, -0.25) is 9.36 Å². The molecule has 0 radical (unpaired) electrons. The van der Waals surface area contributed by atoms with Crippen LogP contribution in [0.4, 0.5) is 0 Å². The molecule has 30 heavy (non-hydrogen) atoms. The number of hydrogen-bond acceptors (Lipinski definition) is 7. The van der Waals surface area contributed by atoms with Crippen LogP contribution in [0.1, 0.15) is 25.0 Å². The molecular formula is C20H23N3O5S2. The summed E-state index contributed by atoms with van der Waals surface area (Å²) < 4.78 is 33.9. The van der Waals surface area contributed by atoms with Gasteiger partial charge in [0.1, 0.15) is 5.76 Å². The van der Waals surface area contributed by atoms with E-state index in [-0.39, 0.29) is 17.3 Å². The molecule has 0 amide bonds. The molecule has 8 nitrogen and oxygen atoms in total. The van der Waals surface area contributed by atoms with Crippen molar-refractivity contribution in [1.82, 2.24) is 13.9 Å². The predicted octanol–water partition coefficient (Wildman–Crippen LogP) is 2.45. The standard InChI is InChI=1S/C20H23N3O5S2/c24-13-5-12-23-19(25)16-6-1-2-7-17(16)21-20(23)29-14-15-8-9-18(28-15)30(26,27)22-10-3-4-11-22/h1-2,6-9,24H,3-5,10-14H2. The first kappa shape index (κ1) is 21.1. The lowest BCUT2D eigenvalue weighted by molar-refractivity contribution is 0.276. The fourth-order valence-corrected chi connectivity index (χ4v) is 5.81. The molecule has 0 bridgehead atoms. The molecule has 1 aliphatic rings. The van der Waals surface area contributed by atoms with Gasteiger partial charge >= 0.3 is 0 Å². The van der Waals surface area contributed by atoms with Crippen LogP contribution < -0.4 is 5.56 Å². The molecule has 3 aromatic rings. The summed E-state index contributed by atoms with van der Waals surface area (Å²) >= 11 is 1.30. The van der Waals surface area contributed by atoms with Gasteiger partial charge in [-0.05, 0) is 43.5 Å². The minimum absolute atomic E-state index is 0.0285. The number of aliphatic hydroxyl groups is 1. The molecular weight excluding hydrogens is 426 g/mol. The van der Waals surface area contributed by atoms with Crippen LogP contribution in [-0.4, -0.2) is 47.1 Å². The highest BCUT2D eigenvalue weighted by molar-refractivity contribution is 7.98. The maximum absolute atomic E-state index is 12.9. The third kappa shape index (κ3) is 4.18. The quantitative estimate of drug-likeness (QED) is 0.416. The Balaban J connectivity index is 1.58. The molecule has 0 saturated carbocycles. The van der Waals surface area contributed by atoms with E-state index < -0.39 is 10.0 Å². The summed E-state index contributed by atoms with van der Waals surface area (Å²) in [5.41, 5.74) is 0.440. The van der Waals surface area contributed by atoms with E-state index in [4.69, 9.17) is 4.42 Å². The van der Waals surface area contributed by atoms with Crippen LogP contribution in [0.15, 0.2) is 55.9 Å². The number of aromatic nitrogens is 2. The van der Waals surface area contributed by atoms with Crippen molar-refractivity contribution in [3.8, 4) is 0 Å². The van der Waals surface area contributed by atoms with Gasteiger partial charge in [0.2, 0.25) is 5.09 Å². The lowest BCUT2D eigenvalue weighted by Crippen LogP contribution is -2.27. The van der Waals surface area contributed by atoms with E-state index >= 15 is 0 Å². The van der Waals surface area contributed by atoms with Crippen LogP contribution in [0.3, 0.4) is 0 Å². The Bertz CT molecular complexity index is 1200. The van der Waals surface area contributed by atoms with Gasteiger partial charge in [-0.2, -0.15) is 4.31 Å². The van der Waals surface area contributed by atoms with Crippen LogP contribution in [0.25, 0.3) is 10.9 Å². The average Bonchev–Trinajstić information content (AvgIpc) is 3.44. The van der Waals surface area contributed by atoms with E-state index in [1.165, 1.54) is 22.1 Å². The van der Waals surface area contributed by atoms with Crippen LogP contribution in [0, 0.1) is 0 Å². The van der Waals surface area contributed by atoms with Crippen LogP contribution in [0.2, 0.25) is 0 Å². The highest BCUT2D eigenvalue weighted by Crippen LogP contribution is 2.27. The normalized spacial score (nSPS) is 15.2. The smallest absolute Gasteiger partial charge is 0.276 e. The summed E-state index contributed by atoms with van der Waals surface area (Å²) in [7, 11) is -3.60. The number of aliphatic hydroxyl groups excluding tert-OH is 1. The fourth-order valence-electron chi connectivity index (χ4n) is 3.45. The molecule has 1 aliphatic heterocycles. The molecule has 3 heterocycles. The lowest BCUT2D eigenvalue weighted by Gasteiger charge is -2.13. The van der Waals surface area contributed by atoms with Crippen molar-refractivity contribution in [3.63, 3.8) is 0 Å². The summed E-state index contributed by atoms with van der Waals surface area (Å²) in [4.78, 5) is 17.5. The number of sulfonamides is 1. The molecule has 10 heteroatoms. The first-order valence-electron chi connectivity index (χ1n) is 9.83. The number of thioether (sulfide) groups is 1. The number of nitrogens with zero attached hydrogens (tertiary/aromatic N) is 3. The Morgan fingerprint density at radius 2 is 1.90 bits per heavy atom. The summed E-state index contributed by atoms with van der Waals surface area (Å²) in [6.07, 6.45) is 2.16. The molecule has 1 N–H and O–H groups in total. The van der Waals surface area contributed by atoms with Crippen LogP contribution >= 0.6 is 11.8 Å². The zero-order chi connectivity index (χ0) is 21.1. The molecule has 1 saturated heterocycles. The number of fused-ring (bicyclic) bond motifs is 1. The minimum Gasteiger partial charge on any atom is -0.447 e. The van der Waals surface area contributed by atoms with Gasteiger partial charge < -0.3 is 9.52 Å². The SMILES string of the molecule is O=c1c2ccccc2nc(SCc2ccc(S(=O)(=O)N3CCCC3)o2)n1CCCO. The van der Waals surface area contributed by atoms with Gasteiger partial charge in [-0.25, -0.2) is 13.4 Å². The maximum Gasteiger partial charge on any atom is 0.276 e. The highest BCUT2D eigenvalue weighted by Gasteiger charge is 2.30. The van der Waals surface area contributed by atoms with E-state index in [1.54, 1.807) is 28.8 Å². The Labute approximate surface area is 178 Å². The molecule has 4 rings (SSSR count). The molecule has 0 spiro atoms. The fraction of sp³-hybridized carbons (Fsp3) is 0.400. The summed E-state index contributed by atoms with van der Waals surface area (Å²) in [6.45, 7) is 1.36. The molecule has 0 unspecified atom stereocenters. The second-order valence-electron chi connectivity index (χ2n) is 7.07. The van der Waals surface area contributed by atoms with Gasteiger partial charge in [0.15, 0.2) is 5.16 Å². The zero-order valence-electron chi connectivity index (χ0n) is 16.4. The summed E-state index contributed by atoms with van der Waals surface area (Å²) in [6, 6.07) is 10.3. The first-order valence-corrected chi connectivity index (χ1v) is 12.3. The summed E-state index contributed by atoms with van der Waals surface area (Å²) in [5, 5.41) is 10.2. The van der Waals surface area contributed by atoms with E-state index in [1.807, 2.05) is 6.07 Å². The van der Waals surface area contributed by atoms with E-state index in [0.717, 1.165) is 12.8 Å². The number of furan rings is 1. The second-order valence-corrected chi connectivity index (χ2v) is 9.88. The number of hydrogen-bond donors (Lipinski definition) is 1. The molecule has 1 fully saturated rings. The number of para-hydroxylation sites is 1. The molecule has 0 atom stereocenters. The molecule has 0 aliphatic carbocycles. The zero-order valence-corrected chi connectivity index (χ0v) is 18.0. The van der Waals surface area contributed by atoms with Crippen LogP contribution in [0.5, 0.6) is 0 Å². The molecule has 160 valence electrons. The van der Waals surface area contributed by atoms with Gasteiger partial charge in [-0.15, -0.1) is 0 Å². The van der Waals surface area contributed by atoms with Gasteiger partial charge in [-0.1, -0.05) is 23.9 Å². The van der Waals surface area contributed by atoms with Crippen molar-refractivity contribution in [3.05, 3.63) is 52.5 Å². The largest absolute Gasteiger partial charge is 0.447 e. The number of rotatable bonds is 8. The van der Waals surface area contributed by atoms with Crippen molar-refractivity contribution >= 4 is 32.7 Å². The van der Waals surface area contributed by atoms with Crippen molar-refractivity contribution in [2.24, 2.45) is 0 Å². The maximum atomic E-state index is 12.9. The predicted molar refractivity (Wildman–Crippen MR) is 114 cm³/mol. The second kappa shape index (κ2) is 8.93. The van der Waals surface area contributed by atoms with Crippen molar-refractivity contribution < 1.29 is 17.9 Å². The summed E-state index contributed by atoms with van der Waals surface area (Å²) in [5.74, 6) is 0.827. The third-order valence-corrected chi connectivity index (χ3v) is 7.78. The van der Waals surface area contributed by atoms with E-state index in [0.29, 0.717) is 53.6 Å². The molecule has 2 aromatic heterocycles. The topological polar surface area (TPSA) is 106 Å². The first-order chi connectivity index (χ1) is 14.5.